The van der Waals surface area contributed by atoms with Gasteiger partial charge in [-0.15, -0.1) is 11.3 Å². The van der Waals surface area contributed by atoms with Gasteiger partial charge in [-0.3, -0.25) is 9.59 Å². The number of carbonyl (C=O) groups is 2. The molecular formula is C15H17NO3S. The molecule has 0 spiro atoms. The van der Waals surface area contributed by atoms with Crippen molar-refractivity contribution >= 4 is 33.3 Å². The number of carboxylic acids is 1. The molecule has 4 nitrogen and oxygen atoms in total. The molecule has 0 aliphatic carbocycles. The Morgan fingerprint density at radius 2 is 2.10 bits per heavy atom. The van der Waals surface area contributed by atoms with E-state index in [1.807, 2.05) is 24.4 Å². The SMILES string of the molecule is Cc1ccc2c(C(=O)N(C)CCCC(=O)O)csc2c1. The van der Waals surface area contributed by atoms with Crippen molar-refractivity contribution in [1.29, 1.82) is 0 Å². The molecule has 2 rings (SSSR count). The minimum atomic E-state index is -0.831. The predicted molar refractivity (Wildman–Crippen MR) is 80.4 cm³/mol. The molecule has 0 fully saturated rings. The maximum absolute atomic E-state index is 12.4. The number of benzene rings is 1. The zero-order chi connectivity index (χ0) is 14.7. The van der Waals surface area contributed by atoms with E-state index < -0.39 is 5.97 Å². The number of thiophene rings is 1. The lowest BCUT2D eigenvalue weighted by atomic mass is 10.1. The minimum Gasteiger partial charge on any atom is -0.481 e. The fourth-order valence-corrected chi connectivity index (χ4v) is 3.11. The Kier molecular flexibility index (Phi) is 4.39. The lowest BCUT2D eigenvalue weighted by molar-refractivity contribution is -0.137. The molecule has 0 aliphatic heterocycles. The molecule has 0 bridgehead atoms. The number of fused-ring (bicyclic) bond motifs is 1. The Bertz CT molecular complexity index is 648. The second kappa shape index (κ2) is 6.05. The number of carbonyl (C=O) groups excluding carboxylic acids is 1. The smallest absolute Gasteiger partial charge is 0.303 e. The third-order valence-corrected chi connectivity index (χ3v) is 4.14. The first-order valence-electron chi connectivity index (χ1n) is 6.44. The second-order valence-electron chi connectivity index (χ2n) is 4.87. The van der Waals surface area contributed by atoms with Gasteiger partial charge in [0.1, 0.15) is 0 Å². The van der Waals surface area contributed by atoms with Crippen molar-refractivity contribution in [1.82, 2.24) is 4.90 Å². The highest BCUT2D eigenvalue weighted by molar-refractivity contribution is 7.17. The molecule has 0 saturated carbocycles. The molecule has 1 heterocycles. The quantitative estimate of drug-likeness (QED) is 0.920. The fraction of sp³-hybridized carbons (Fsp3) is 0.333. The molecule has 2 aromatic rings. The van der Waals surface area contributed by atoms with Gasteiger partial charge >= 0.3 is 5.97 Å². The standard InChI is InChI=1S/C15H17NO3S/c1-10-5-6-11-12(9-20-13(11)8-10)15(19)16(2)7-3-4-14(17)18/h5-6,8-9H,3-4,7H2,1-2H3,(H,17,18). The van der Waals surface area contributed by atoms with Crippen LogP contribution >= 0.6 is 11.3 Å². The molecule has 1 aromatic carbocycles. The number of aliphatic carboxylic acids is 1. The highest BCUT2D eigenvalue weighted by Crippen LogP contribution is 2.27. The summed E-state index contributed by atoms with van der Waals surface area (Å²) in [5.41, 5.74) is 1.87. The first kappa shape index (κ1) is 14.5. The van der Waals surface area contributed by atoms with E-state index in [4.69, 9.17) is 5.11 Å². The van der Waals surface area contributed by atoms with Gasteiger partial charge in [0.2, 0.25) is 0 Å². The summed E-state index contributed by atoms with van der Waals surface area (Å²) < 4.78 is 1.10. The van der Waals surface area contributed by atoms with Gasteiger partial charge in [0.25, 0.3) is 5.91 Å². The van der Waals surface area contributed by atoms with Crippen LogP contribution in [-0.2, 0) is 4.79 Å². The van der Waals surface area contributed by atoms with Crippen molar-refractivity contribution in [3.8, 4) is 0 Å². The van der Waals surface area contributed by atoms with E-state index in [2.05, 4.69) is 6.07 Å². The number of carboxylic acid groups (broad SMARTS) is 1. The van der Waals surface area contributed by atoms with Gasteiger partial charge in [-0.1, -0.05) is 12.1 Å². The molecule has 5 heteroatoms. The van der Waals surface area contributed by atoms with E-state index in [0.717, 1.165) is 10.1 Å². The highest BCUT2D eigenvalue weighted by atomic mass is 32.1. The van der Waals surface area contributed by atoms with Crippen LogP contribution in [0.1, 0.15) is 28.8 Å². The second-order valence-corrected chi connectivity index (χ2v) is 5.78. The average Bonchev–Trinajstić information content (AvgIpc) is 2.80. The number of hydrogen-bond donors (Lipinski definition) is 1. The number of aryl methyl sites for hydroxylation is 1. The Morgan fingerprint density at radius 3 is 2.80 bits per heavy atom. The van der Waals surface area contributed by atoms with Crippen LogP contribution < -0.4 is 0 Å². The summed E-state index contributed by atoms with van der Waals surface area (Å²) in [6.45, 7) is 2.48. The first-order valence-corrected chi connectivity index (χ1v) is 7.32. The van der Waals surface area contributed by atoms with Gasteiger partial charge in [0.15, 0.2) is 0 Å². The van der Waals surface area contributed by atoms with Crippen LogP contribution in [0.25, 0.3) is 10.1 Å². The van der Waals surface area contributed by atoms with Crippen LogP contribution in [-0.4, -0.2) is 35.5 Å². The van der Waals surface area contributed by atoms with Gasteiger partial charge in [0, 0.05) is 35.5 Å². The summed E-state index contributed by atoms with van der Waals surface area (Å²) in [5.74, 6) is -0.882. The third-order valence-electron chi connectivity index (χ3n) is 3.19. The molecule has 1 amide bonds. The van der Waals surface area contributed by atoms with E-state index in [1.54, 1.807) is 23.3 Å². The number of hydrogen-bond acceptors (Lipinski definition) is 3. The van der Waals surface area contributed by atoms with E-state index in [1.165, 1.54) is 5.56 Å². The Morgan fingerprint density at radius 1 is 1.35 bits per heavy atom. The van der Waals surface area contributed by atoms with E-state index in [9.17, 15) is 9.59 Å². The van der Waals surface area contributed by atoms with Crippen LogP contribution in [0.3, 0.4) is 0 Å². The van der Waals surface area contributed by atoms with E-state index in [-0.39, 0.29) is 12.3 Å². The summed E-state index contributed by atoms with van der Waals surface area (Å²) >= 11 is 1.56. The van der Waals surface area contributed by atoms with Crippen LogP contribution in [0.2, 0.25) is 0 Å². The van der Waals surface area contributed by atoms with Gasteiger partial charge in [-0.05, 0) is 25.0 Å². The Labute approximate surface area is 121 Å². The summed E-state index contributed by atoms with van der Waals surface area (Å²) in [7, 11) is 1.71. The summed E-state index contributed by atoms with van der Waals surface area (Å²) in [4.78, 5) is 24.4. The predicted octanol–water partition coefficient (Wildman–Crippen LogP) is 3.15. The fourth-order valence-electron chi connectivity index (χ4n) is 2.08. The largest absolute Gasteiger partial charge is 0.481 e. The molecular weight excluding hydrogens is 274 g/mol. The molecule has 0 saturated heterocycles. The average molecular weight is 291 g/mol. The molecule has 0 aliphatic rings. The molecule has 0 unspecified atom stereocenters. The molecule has 20 heavy (non-hydrogen) atoms. The number of amides is 1. The topological polar surface area (TPSA) is 57.6 Å². The van der Waals surface area contributed by atoms with Crippen molar-refractivity contribution in [2.24, 2.45) is 0 Å². The molecule has 1 N–H and O–H groups in total. The van der Waals surface area contributed by atoms with Crippen molar-refractivity contribution < 1.29 is 14.7 Å². The molecule has 1 aromatic heterocycles. The van der Waals surface area contributed by atoms with Crippen LogP contribution in [0.4, 0.5) is 0 Å². The lowest BCUT2D eigenvalue weighted by Gasteiger charge is -2.16. The number of nitrogens with zero attached hydrogens (tertiary/aromatic N) is 1. The van der Waals surface area contributed by atoms with Gasteiger partial charge in [0.05, 0.1) is 5.56 Å². The lowest BCUT2D eigenvalue weighted by Crippen LogP contribution is -2.27. The maximum Gasteiger partial charge on any atom is 0.303 e. The van der Waals surface area contributed by atoms with Gasteiger partial charge in [-0.2, -0.15) is 0 Å². The minimum absolute atomic E-state index is 0.0505. The molecule has 0 atom stereocenters. The highest BCUT2D eigenvalue weighted by Gasteiger charge is 2.16. The Balaban J connectivity index is 2.12. The first-order chi connectivity index (χ1) is 9.49. The zero-order valence-corrected chi connectivity index (χ0v) is 12.4. The van der Waals surface area contributed by atoms with Crippen LogP contribution in [0.5, 0.6) is 0 Å². The van der Waals surface area contributed by atoms with Gasteiger partial charge < -0.3 is 10.0 Å². The molecule has 106 valence electrons. The van der Waals surface area contributed by atoms with E-state index in [0.29, 0.717) is 18.5 Å². The van der Waals surface area contributed by atoms with Crippen molar-refractivity contribution in [2.75, 3.05) is 13.6 Å². The summed E-state index contributed by atoms with van der Waals surface area (Å²) in [6.07, 6.45) is 0.556. The molecule has 0 radical (unpaired) electrons. The normalized spacial score (nSPS) is 10.7. The summed E-state index contributed by atoms with van der Waals surface area (Å²) in [6, 6.07) is 6.04. The zero-order valence-electron chi connectivity index (χ0n) is 11.5. The monoisotopic (exact) mass is 291 g/mol. The van der Waals surface area contributed by atoms with Crippen molar-refractivity contribution in [3.05, 3.63) is 34.7 Å². The maximum atomic E-state index is 12.4. The van der Waals surface area contributed by atoms with Crippen molar-refractivity contribution in [2.45, 2.75) is 19.8 Å². The third kappa shape index (κ3) is 3.17. The van der Waals surface area contributed by atoms with Crippen LogP contribution in [0, 0.1) is 6.92 Å². The number of rotatable bonds is 5. The Hall–Kier alpha value is -1.88. The van der Waals surface area contributed by atoms with E-state index >= 15 is 0 Å². The van der Waals surface area contributed by atoms with Crippen molar-refractivity contribution in [3.63, 3.8) is 0 Å². The van der Waals surface area contributed by atoms with Gasteiger partial charge in [-0.25, -0.2) is 0 Å². The van der Waals surface area contributed by atoms with Crippen LogP contribution in [0.15, 0.2) is 23.6 Å². The summed E-state index contributed by atoms with van der Waals surface area (Å²) in [5, 5.41) is 11.5.